The molecule has 12 heteroatoms. The van der Waals surface area contributed by atoms with Crippen LogP contribution in [0.1, 0.15) is 86.7 Å². The molecule has 4 amide bonds. The van der Waals surface area contributed by atoms with Gasteiger partial charge in [0.1, 0.15) is 15.9 Å². The second kappa shape index (κ2) is 18.8. The zero-order valence-electron chi connectivity index (χ0n) is 32.2. The third-order valence-electron chi connectivity index (χ3n) is 9.35. The molecule has 3 N–H and O–H groups in total. The Morgan fingerprint density at radius 1 is 0.860 bits per heavy atom. The number of nitrogens with zero attached hydrogens (tertiary/aromatic N) is 1. The van der Waals surface area contributed by atoms with Crippen LogP contribution in [0.5, 0.6) is 0 Å². The van der Waals surface area contributed by atoms with E-state index < -0.39 is 23.0 Å². The van der Waals surface area contributed by atoms with E-state index in [0.717, 1.165) is 27.1 Å². The number of nitrogens with one attached hydrogen (secondary N) is 3. The molecule has 292 valence electrons. The predicted octanol–water partition coefficient (Wildman–Crippen LogP) is 8.83. The number of fused-ring (bicyclic) bond motifs is 1. The molecule has 0 aliphatic carbocycles. The fraction of sp³-hybridized carbons (Fsp3) is 0.222. The van der Waals surface area contributed by atoms with Crippen molar-refractivity contribution >= 4 is 69.5 Å². The zero-order chi connectivity index (χ0) is 40.5. The van der Waals surface area contributed by atoms with E-state index in [1.165, 1.54) is 30.0 Å². The minimum Gasteiger partial charge on any atom is -0.462 e. The number of hydrogen-bond acceptors (Lipinski definition) is 8. The van der Waals surface area contributed by atoms with Gasteiger partial charge < -0.3 is 25.6 Å². The number of carbonyl (C=O) groups is 5. The molecule has 10 nitrogen and oxygen atoms in total. The summed E-state index contributed by atoms with van der Waals surface area (Å²) >= 11 is 2.57. The van der Waals surface area contributed by atoms with E-state index in [1.807, 2.05) is 66.7 Å². The van der Waals surface area contributed by atoms with Gasteiger partial charge in [0.15, 0.2) is 0 Å². The van der Waals surface area contributed by atoms with Gasteiger partial charge in [0.05, 0.1) is 18.7 Å². The quantitative estimate of drug-likeness (QED) is 0.0616. The second-order valence-corrected chi connectivity index (χ2v) is 16.0. The van der Waals surface area contributed by atoms with Gasteiger partial charge in [0, 0.05) is 34.5 Å². The minimum absolute atomic E-state index is 0.0585. The molecule has 57 heavy (non-hydrogen) atoms. The summed E-state index contributed by atoms with van der Waals surface area (Å²) < 4.78 is 5.41. The van der Waals surface area contributed by atoms with Crippen molar-refractivity contribution in [1.29, 1.82) is 0 Å². The molecule has 2 heterocycles. The van der Waals surface area contributed by atoms with E-state index in [-0.39, 0.29) is 24.1 Å². The van der Waals surface area contributed by atoms with E-state index in [1.54, 1.807) is 60.4 Å². The van der Waals surface area contributed by atoms with Crippen molar-refractivity contribution in [2.45, 2.75) is 56.7 Å². The first-order valence-electron chi connectivity index (χ1n) is 18.7. The lowest BCUT2D eigenvalue weighted by atomic mass is 10.0. The van der Waals surface area contributed by atoms with Gasteiger partial charge in [-0.3, -0.25) is 19.2 Å². The smallest absolute Gasteiger partial charge is 0.341 e. The van der Waals surface area contributed by atoms with Gasteiger partial charge in [0.2, 0.25) is 11.8 Å². The maximum Gasteiger partial charge on any atom is 0.341 e. The summed E-state index contributed by atoms with van der Waals surface area (Å²) in [7, 11) is 0. The molecule has 6 rings (SSSR count). The van der Waals surface area contributed by atoms with Crippen LogP contribution in [0.3, 0.4) is 0 Å². The van der Waals surface area contributed by atoms with Crippen molar-refractivity contribution in [2.75, 3.05) is 23.8 Å². The summed E-state index contributed by atoms with van der Waals surface area (Å²) in [4.78, 5) is 70.1. The van der Waals surface area contributed by atoms with Crippen LogP contribution in [0.4, 0.5) is 10.7 Å². The number of amides is 4. The number of rotatable bonds is 13. The first kappa shape index (κ1) is 40.7. The Kier molecular flexibility index (Phi) is 13.4. The molecule has 0 radical (unpaired) electrons. The van der Waals surface area contributed by atoms with Crippen molar-refractivity contribution in [3.8, 4) is 0 Å². The highest BCUT2D eigenvalue weighted by Crippen LogP contribution is 2.41. The van der Waals surface area contributed by atoms with Crippen molar-refractivity contribution in [3.63, 3.8) is 0 Å². The second-order valence-electron chi connectivity index (χ2n) is 13.7. The van der Waals surface area contributed by atoms with Crippen molar-refractivity contribution < 1.29 is 28.7 Å². The Hall–Kier alpha value is -5.98. The fourth-order valence-corrected chi connectivity index (χ4v) is 8.66. The third-order valence-corrected chi connectivity index (χ3v) is 11.7. The summed E-state index contributed by atoms with van der Waals surface area (Å²) in [5.74, 6) is -1.55. The summed E-state index contributed by atoms with van der Waals surface area (Å²) in [6, 6.07) is 32.9. The van der Waals surface area contributed by atoms with Gasteiger partial charge in [0.25, 0.3) is 11.8 Å². The number of anilines is 2. The Morgan fingerprint density at radius 2 is 1.56 bits per heavy atom. The van der Waals surface area contributed by atoms with Gasteiger partial charge >= 0.3 is 5.97 Å². The average molecular weight is 801 g/mol. The predicted molar refractivity (Wildman–Crippen MR) is 226 cm³/mol. The Morgan fingerprint density at radius 3 is 2.23 bits per heavy atom. The molecule has 1 aliphatic heterocycles. The number of hydrogen-bond donors (Lipinski definition) is 3. The number of thioether (sulfide) groups is 1. The molecular formula is C45H44N4O6S2. The molecule has 1 aromatic heterocycles. The summed E-state index contributed by atoms with van der Waals surface area (Å²) in [5.41, 5.74) is 4.67. The summed E-state index contributed by atoms with van der Waals surface area (Å²) in [6.45, 7) is 8.45. The lowest BCUT2D eigenvalue weighted by molar-refractivity contribution is -0.129. The van der Waals surface area contributed by atoms with E-state index >= 15 is 0 Å². The van der Waals surface area contributed by atoms with Crippen LogP contribution in [0.25, 0.3) is 6.08 Å². The molecule has 0 saturated heterocycles. The van der Waals surface area contributed by atoms with E-state index in [2.05, 4.69) is 29.8 Å². The van der Waals surface area contributed by atoms with Crippen molar-refractivity contribution in [3.05, 3.63) is 153 Å². The van der Waals surface area contributed by atoms with Gasteiger partial charge in [-0.05, 0) is 77.9 Å². The van der Waals surface area contributed by atoms with Crippen LogP contribution in [0, 0.1) is 0 Å². The van der Waals surface area contributed by atoms with Crippen LogP contribution in [-0.2, 0) is 32.1 Å². The van der Waals surface area contributed by atoms with Crippen LogP contribution in [0.2, 0.25) is 0 Å². The monoisotopic (exact) mass is 800 g/mol. The average Bonchev–Trinajstić information content (AvgIpc) is 3.57. The fourth-order valence-electron chi connectivity index (χ4n) is 6.33. The van der Waals surface area contributed by atoms with Gasteiger partial charge in [-0.15, -0.1) is 23.1 Å². The number of carbonyl (C=O) groups excluding carboxylic acids is 5. The number of benzene rings is 4. The summed E-state index contributed by atoms with van der Waals surface area (Å²) in [6.07, 6.45) is 2.11. The Balaban J connectivity index is 1.26. The molecule has 0 saturated carbocycles. The summed E-state index contributed by atoms with van der Waals surface area (Å²) in [5, 5.41) is 8.38. The first-order chi connectivity index (χ1) is 27.5. The Labute approximate surface area is 340 Å². The molecule has 4 aromatic carbocycles. The molecule has 0 spiro atoms. The topological polar surface area (TPSA) is 134 Å². The lowest BCUT2D eigenvalue weighted by Gasteiger charge is -2.25. The molecule has 1 atom stereocenters. The van der Waals surface area contributed by atoms with Crippen LogP contribution in [-0.4, -0.2) is 47.6 Å². The Bertz CT molecular complexity index is 2290. The number of ether oxygens (including phenoxy) is 1. The molecular weight excluding hydrogens is 757 g/mol. The van der Waals surface area contributed by atoms with Gasteiger partial charge in [-0.1, -0.05) is 92.7 Å². The molecule has 5 aromatic rings. The van der Waals surface area contributed by atoms with Crippen LogP contribution in [0.15, 0.2) is 120 Å². The highest BCUT2D eigenvalue weighted by molar-refractivity contribution is 8.00. The number of esters is 1. The maximum atomic E-state index is 14.3. The van der Waals surface area contributed by atoms with Crippen molar-refractivity contribution in [2.24, 2.45) is 0 Å². The van der Waals surface area contributed by atoms with E-state index in [4.69, 9.17) is 4.74 Å². The lowest BCUT2D eigenvalue weighted by Crippen LogP contribution is -2.34. The van der Waals surface area contributed by atoms with Crippen LogP contribution < -0.4 is 16.0 Å². The normalized spacial score (nSPS) is 13.0. The molecule has 0 bridgehead atoms. The highest BCUT2D eigenvalue weighted by Gasteiger charge is 2.32. The zero-order valence-corrected chi connectivity index (χ0v) is 33.8. The SMILES string of the molecule is CCOC(=O)c1c(NC(=O)C(Sc2cccc(NC(=O)/C(=C\c3ccc(C(C)C)cc3)NC(=O)c3ccccc3)c2)c2ccccc2)sc2c1CCN(C(C)=O)C2. The van der Waals surface area contributed by atoms with E-state index in [0.29, 0.717) is 52.1 Å². The standard InChI is InChI=1S/C45H44N4O6S2/c1-5-55-45(54)39-36-23-24-49(29(4)50)27-38(36)57-44(39)48-43(53)40(32-13-8-6-9-14-32)56-35-18-12-17-34(26-35)46-42(52)37(47-41(51)33-15-10-7-11-16-33)25-30-19-21-31(22-20-30)28(2)3/h6-22,25-26,28,40H,5,23-24,27H2,1-4H3,(H,46,52)(H,47,51)(H,48,53)/b37-25+. The van der Waals surface area contributed by atoms with E-state index in [9.17, 15) is 24.0 Å². The third kappa shape index (κ3) is 10.3. The molecule has 0 fully saturated rings. The van der Waals surface area contributed by atoms with Crippen molar-refractivity contribution in [1.82, 2.24) is 10.2 Å². The van der Waals surface area contributed by atoms with Crippen LogP contribution >= 0.6 is 23.1 Å². The van der Waals surface area contributed by atoms with Gasteiger partial charge in [-0.2, -0.15) is 0 Å². The largest absolute Gasteiger partial charge is 0.462 e. The molecule has 1 aliphatic rings. The van der Waals surface area contributed by atoms with Gasteiger partial charge in [-0.25, -0.2) is 4.79 Å². The maximum absolute atomic E-state index is 14.3. The minimum atomic E-state index is -0.755. The molecule has 1 unspecified atom stereocenters. The first-order valence-corrected chi connectivity index (χ1v) is 20.4. The number of thiophene rings is 1. The highest BCUT2D eigenvalue weighted by atomic mass is 32.2.